The third-order valence-corrected chi connectivity index (χ3v) is 8.20. The van der Waals surface area contributed by atoms with Crippen LogP contribution in [0.3, 0.4) is 0 Å². The number of carbonyl (C=O) groups excluding carboxylic acids is 1. The van der Waals surface area contributed by atoms with Crippen molar-refractivity contribution in [3.63, 3.8) is 0 Å². The van der Waals surface area contributed by atoms with E-state index in [9.17, 15) is 4.79 Å². The second kappa shape index (κ2) is 35.9. The van der Waals surface area contributed by atoms with E-state index in [1.54, 1.807) is 0 Å². The highest BCUT2D eigenvalue weighted by Gasteiger charge is 2.14. The zero-order chi connectivity index (χ0) is 32.2. The van der Waals surface area contributed by atoms with Crippen LogP contribution in [0.4, 0.5) is 0 Å². The van der Waals surface area contributed by atoms with E-state index in [2.05, 4.69) is 62.5 Å². The maximum atomic E-state index is 12.3. The van der Waals surface area contributed by atoms with Crippen LogP contribution in [0.15, 0.2) is 48.6 Å². The standard InChI is InChI=1S/C41H75NO2/c1-5-7-9-11-13-15-17-19-21-23-25-27-29-31-33-35-37-40(44-41(43)39-42(3)4)38-36-34-32-30-28-26-24-22-20-18-16-14-12-10-8-6-2/h13-16,19-22,40H,5-12,17-18,23-39H2,1-4H3. The van der Waals surface area contributed by atoms with Gasteiger partial charge in [0.05, 0.1) is 6.54 Å². The Hall–Kier alpha value is -1.61. The molecule has 0 saturated carbocycles. The summed E-state index contributed by atoms with van der Waals surface area (Å²) in [6.07, 6.45) is 51.2. The predicted octanol–water partition coefficient (Wildman–Crippen LogP) is 12.9. The van der Waals surface area contributed by atoms with Crippen LogP contribution in [-0.2, 0) is 9.53 Å². The first-order chi connectivity index (χ1) is 21.6. The molecule has 0 saturated heterocycles. The number of ether oxygens (including phenoxy) is 1. The molecule has 0 amide bonds. The molecule has 0 rings (SSSR count). The number of nitrogens with zero attached hydrogens (tertiary/aromatic N) is 1. The van der Waals surface area contributed by atoms with E-state index in [0.29, 0.717) is 6.54 Å². The van der Waals surface area contributed by atoms with Gasteiger partial charge in [-0.05, 0) is 104 Å². The SMILES string of the molecule is CCCCCC=CCC=CCCCCCCCCC(CCCCCCCCC=CCC=CCCCCC)OC(=O)CN(C)C. The van der Waals surface area contributed by atoms with E-state index in [-0.39, 0.29) is 12.1 Å². The van der Waals surface area contributed by atoms with Crippen molar-refractivity contribution < 1.29 is 9.53 Å². The molecule has 0 fully saturated rings. The number of likely N-dealkylation sites (N-methyl/N-ethyl adjacent to an activating group) is 1. The average molecular weight is 614 g/mol. The highest BCUT2D eigenvalue weighted by molar-refractivity contribution is 5.71. The molecule has 0 heterocycles. The van der Waals surface area contributed by atoms with Crippen LogP contribution in [-0.4, -0.2) is 37.6 Å². The van der Waals surface area contributed by atoms with Crippen LogP contribution in [0.25, 0.3) is 0 Å². The topological polar surface area (TPSA) is 29.5 Å². The smallest absolute Gasteiger partial charge is 0.320 e. The lowest BCUT2D eigenvalue weighted by Gasteiger charge is -2.19. The molecule has 0 N–H and O–H groups in total. The molecule has 0 unspecified atom stereocenters. The van der Waals surface area contributed by atoms with E-state index < -0.39 is 0 Å². The third kappa shape index (κ3) is 34.9. The zero-order valence-corrected chi connectivity index (χ0v) is 30.1. The monoisotopic (exact) mass is 614 g/mol. The van der Waals surface area contributed by atoms with Gasteiger partial charge >= 0.3 is 5.97 Å². The Morgan fingerprint density at radius 2 is 0.841 bits per heavy atom. The van der Waals surface area contributed by atoms with Crippen molar-refractivity contribution in [3.8, 4) is 0 Å². The fourth-order valence-electron chi connectivity index (χ4n) is 5.46. The molecule has 0 aliphatic heterocycles. The summed E-state index contributed by atoms with van der Waals surface area (Å²) < 4.78 is 5.90. The minimum absolute atomic E-state index is 0.0694. The van der Waals surface area contributed by atoms with Gasteiger partial charge in [-0.2, -0.15) is 0 Å². The highest BCUT2D eigenvalue weighted by atomic mass is 16.5. The Kier molecular flexibility index (Phi) is 34.6. The van der Waals surface area contributed by atoms with E-state index in [0.717, 1.165) is 25.7 Å². The summed E-state index contributed by atoms with van der Waals surface area (Å²) in [6.45, 7) is 4.90. The molecule has 0 aromatic carbocycles. The fraction of sp³-hybridized carbons (Fsp3) is 0.780. The van der Waals surface area contributed by atoms with Gasteiger partial charge in [-0.1, -0.05) is 140 Å². The molecule has 256 valence electrons. The van der Waals surface area contributed by atoms with Crippen LogP contribution < -0.4 is 0 Å². The van der Waals surface area contributed by atoms with Crippen molar-refractivity contribution in [2.75, 3.05) is 20.6 Å². The van der Waals surface area contributed by atoms with Crippen molar-refractivity contribution in [2.45, 2.75) is 187 Å². The average Bonchev–Trinajstić information content (AvgIpc) is 3.00. The van der Waals surface area contributed by atoms with Gasteiger partial charge in [-0.15, -0.1) is 0 Å². The Balaban J connectivity index is 3.90. The van der Waals surface area contributed by atoms with Gasteiger partial charge in [0.15, 0.2) is 0 Å². The molecule has 3 heteroatoms. The molecule has 44 heavy (non-hydrogen) atoms. The summed E-state index contributed by atoms with van der Waals surface area (Å²) in [4.78, 5) is 14.2. The Morgan fingerprint density at radius 1 is 0.500 bits per heavy atom. The van der Waals surface area contributed by atoms with Crippen molar-refractivity contribution in [3.05, 3.63) is 48.6 Å². The molecule has 0 aliphatic carbocycles. The lowest BCUT2D eigenvalue weighted by Crippen LogP contribution is -2.27. The Morgan fingerprint density at radius 3 is 1.20 bits per heavy atom. The molecule has 0 aromatic rings. The van der Waals surface area contributed by atoms with Gasteiger partial charge in [0.25, 0.3) is 0 Å². The normalized spacial score (nSPS) is 13.0. The van der Waals surface area contributed by atoms with Crippen LogP contribution >= 0.6 is 0 Å². The number of esters is 1. The lowest BCUT2D eigenvalue weighted by molar-refractivity contribution is -0.150. The molecule has 0 spiro atoms. The predicted molar refractivity (Wildman–Crippen MR) is 196 cm³/mol. The molecule has 0 radical (unpaired) electrons. The molecule has 0 atom stereocenters. The van der Waals surface area contributed by atoms with Crippen molar-refractivity contribution in [1.82, 2.24) is 4.90 Å². The van der Waals surface area contributed by atoms with Gasteiger partial charge < -0.3 is 4.74 Å². The second-order valence-corrected chi connectivity index (χ2v) is 13.1. The van der Waals surface area contributed by atoms with Gasteiger partial charge in [0, 0.05) is 0 Å². The van der Waals surface area contributed by atoms with Gasteiger partial charge in [0.2, 0.25) is 0 Å². The number of unbranched alkanes of at least 4 members (excludes halogenated alkanes) is 18. The molecule has 0 aromatic heterocycles. The molecular formula is C41H75NO2. The Bertz CT molecular complexity index is 657. The summed E-state index contributed by atoms with van der Waals surface area (Å²) in [5.41, 5.74) is 0. The van der Waals surface area contributed by atoms with Gasteiger partial charge in [-0.25, -0.2) is 0 Å². The minimum atomic E-state index is -0.0694. The first-order valence-electron chi connectivity index (χ1n) is 19.0. The fourth-order valence-corrected chi connectivity index (χ4v) is 5.46. The quantitative estimate of drug-likeness (QED) is 0.0419. The van der Waals surface area contributed by atoms with E-state index >= 15 is 0 Å². The maximum absolute atomic E-state index is 12.3. The molecular weight excluding hydrogens is 538 g/mol. The number of rotatable bonds is 33. The molecule has 3 nitrogen and oxygen atoms in total. The van der Waals surface area contributed by atoms with Gasteiger partial charge in [0.1, 0.15) is 6.10 Å². The van der Waals surface area contributed by atoms with Crippen molar-refractivity contribution in [2.24, 2.45) is 0 Å². The number of allylic oxidation sites excluding steroid dienone is 8. The summed E-state index contributed by atoms with van der Waals surface area (Å²) in [7, 11) is 3.86. The molecule has 0 aliphatic rings. The largest absolute Gasteiger partial charge is 0.461 e. The maximum Gasteiger partial charge on any atom is 0.320 e. The number of carbonyl (C=O) groups is 1. The lowest BCUT2D eigenvalue weighted by atomic mass is 10.0. The summed E-state index contributed by atoms with van der Waals surface area (Å²) in [6, 6.07) is 0. The van der Waals surface area contributed by atoms with Crippen LogP contribution in [0.1, 0.15) is 181 Å². The second-order valence-electron chi connectivity index (χ2n) is 13.1. The van der Waals surface area contributed by atoms with Crippen LogP contribution in [0, 0.1) is 0 Å². The number of hydrogen-bond acceptors (Lipinski definition) is 3. The minimum Gasteiger partial charge on any atom is -0.461 e. The van der Waals surface area contributed by atoms with Crippen LogP contribution in [0.2, 0.25) is 0 Å². The van der Waals surface area contributed by atoms with Crippen molar-refractivity contribution >= 4 is 5.97 Å². The summed E-state index contributed by atoms with van der Waals surface area (Å²) in [5.74, 6) is -0.0694. The number of hydrogen-bond donors (Lipinski definition) is 0. The Labute approximate surface area is 276 Å². The van der Waals surface area contributed by atoms with Crippen molar-refractivity contribution in [1.29, 1.82) is 0 Å². The van der Waals surface area contributed by atoms with Crippen LogP contribution in [0.5, 0.6) is 0 Å². The summed E-state index contributed by atoms with van der Waals surface area (Å²) >= 11 is 0. The third-order valence-electron chi connectivity index (χ3n) is 8.20. The van der Waals surface area contributed by atoms with E-state index in [1.165, 1.54) is 141 Å². The highest BCUT2D eigenvalue weighted by Crippen LogP contribution is 2.18. The first kappa shape index (κ1) is 42.4. The first-order valence-corrected chi connectivity index (χ1v) is 19.0. The van der Waals surface area contributed by atoms with E-state index in [1.807, 2.05) is 19.0 Å². The molecule has 0 bridgehead atoms. The summed E-state index contributed by atoms with van der Waals surface area (Å²) in [5, 5.41) is 0. The van der Waals surface area contributed by atoms with Gasteiger partial charge in [-0.3, -0.25) is 9.69 Å². The zero-order valence-electron chi connectivity index (χ0n) is 30.1. The van der Waals surface area contributed by atoms with E-state index in [4.69, 9.17) is 4.74 Å².